The molecule has 104 valence electrons. The van der Waals surface area contributed by atoms with E-state index in [9.17, 15) is 9.59 Å². The second kappa shape index (κ2) is 6.96. The molecule has 0 aromatic heterocycles. The second-order valence-electron chi connectivity index (χ2n) is 4.52. The lowest BCUT2D eigenvalue weighted by Gasteiger charge is -2.16. The zero-order valence-electron chi connectivity index (χ0n) is 11.0. The molecule has 0 aliphatic heterocycles. The number of thiol groups is 1. The quantitative estimate of drug-likeness (QED) is 0.734. The number of nitrogens with one attached hydrogen (secondary N) is 2. The maximum Gasteiger partial charge on any atom is 0.253 e. The van der Waals surface area contributed by atoms with Crippen LogP contribution in [0.25, 0.3) is 0 Å². The van der Waals surface area contributed by atoms with Crippen molar-refractivity contribution in [2.75, 3.05) is 0 Å². The number of halogens is 1. The standard InChI is InChI=1S/C13H17BrN2O2S/c1-7(2)15-12(17)8(3)16-13(18)10-5-4-9(14)6-11(10)19/h4-8,19H,1-3H3,(H,15,17)(H,16,18). The van der Waals surface area contributed by atoms with Crippen LogP contribution in [0.2, 0.25) is 0 Å². The fraction of sp³-hybridized carbons (Fsp3) is 0.385. The van der Waals surface area contributed by atoms with E-state index in [-0.39, 0.29) is 17.9 Å². The Morgan fingerprint density at radius 1 is 1.21 bits per heavy atom. The van der Waals surface area contributed by atoms with Gasteiger partial charge in [-0.05, 0) is 39.0 Å². The zero-order chi connectivity index (χ0) is 14.6. The van der Waals surface area contributed by atoms with Gasteiger partial charge in [-0.3, -0.25) is 9.59 Å². The van der Waals surface area contributed by atoms with Crippen molar-refractivity contribution in [3.63, 3.8) is 0 Å². The molecule has 0 saturated carbocycles. The lowest BCUT2D eigenvalue weighted by atomic mass is 10.2. The molecule has 0 radical (unpaired) electrons. The van der Waals surface area contributed by atoms with E-state index in [2.05, 4.69) is 39.2 Å². The van der Waals surface area contributed by atoms with Crippen LogP contribution in [0.15, 0.2) is 27.6 Å². The van der Waals surface area contributed by atoms with E-state index in [1.54, 1.807) is 25.1 Å². The summed E-state index contributed by atoms with van der Waals surface area (Å²) < 4.78 is 0.847. The van der Waals surface area contributed by atoms with Gasteiger partial charge in [0.15, 0.2) is 0 Å². The Morgan fingerprint density at radius 3 is 2.37 bits per heavy atom. The van der Waals surface area contributed by atoms with Crippen LogP contribution in [0.4, 0.5) is 0 Å². The first-order valence-corrected chi connectivity index (χ1v) is 7.15. The number of amides is 2. The SMILES string of the molecule is CC(C)NC(=O)C(C)NC(=O)c1ccc(Br)cc1S. The smallest absolute Gasteiger partial charge is 0.253 e. The summed E-state index contributed by atoms with van der Waals surface area (Å²) in [6.45, 7) is 5.38. The lowest BCUT2D eigenvalue weighted by molar-refractivity contribution is -0.123. The van der Waals surface area contributed by atoms with Crippen molar-refractivity contribution >= 4 is 40.4 Å². The van der Waals surface area contributed by atoms with E-state index in [0.29, 0.717) is 10.5 Å². The number of carbonyl (C=O) groups excluding carboxylic acids is 2. The molecule has 0 fully saturated rings. The van der Waals surface area contributed by atoms with Gasteiger partial charge in [0.25, 0.3) is 5.91 Å². The largest absolute Gasteiger partial charge is 0.352 e. The van der Waals surface area contributed by atoms with Crippen LogP contribution in [0, 0.1) is 0 Å². The van der Waals surface area contributed by atoms with Crippen LogP contribution in [0.3, 0.4) is 0 Å². The summed E-state index contributed by atoms with van der Waals surface area (Å²) in [6.07, 6.45) is 0. The highest BCUT2D eigenvalue weighted by molar-refractivity contribution is 9.10. The number of carbonyl (C=O) groups is 2. The van der Waals surface area contributed by atoms with E-state index < -0.39 is 6.04 Å². The molecule has 0 saturated heterocycles. The Bertz CT molecular complexity index is 492. The molecule has 0 aliphatic carbocycles. The molecule has 1 atom stereocenters. The van der Waals surface area contributed by atoms with Gasteiger partial charge in [-0.15, -0.1) is 12.6 Å². The molecule has 4 nitrogen and oxygen atoms in total. The molecule has 0 spiro atoms. The van der Waals surface area contributed by atoms with E-state index in [1.807, 2.05) is 13.8 Å². The average molecular weight is 345 g/mol. The predicted octanol–water partition coefficient (Wildman–Crippen LogP) is 2.38. The minimum atomic E-state index is -0.591. The molecule has 1 unspecified atom stereocenters. The lowest BCUT2D eigenvalue weighted by Crippen LogP contribution is -2.46. The molecule has 0 aliphatic rings. The summed E-state index contributed by atoms with van der Waals surface area (Å²) in [5.41, 5.74) is 0.440. The third-order valence-corrected chi connectivity index (χ3v) is 3.24. The molecular formula is C13H17BrN2O2S. The Hall–Kier alpha value is -1.01. The van der Waals surface area contributed by atoms with E-state index in [0.717, 1.165) is 4.47 Å². The molecule has 0 bridgehead atoms. The number of hydrogen-bond donors (Lipinski definition) is 3. The van der Waals surface area contributed by atoms with Gasteiger partial charge in [-0.2, -0.15) is 0 Å². The van der Waals surface area contributed by atoms with Gasteiger partial charge in [-0.1, -0.05) is 15.9 Å². The summed E-state index contributed by atoms with van der Waals surface area (Å²) in [4.78, 5) is 24.3. The first kappa shape index (κ1) is 16.0. The van der Waals surface area contributed by atoms with Crippen molar-refractivity contribution in [3.05, 3.63) is 28.2 Å². The molecule has 19 heavy (non-hydrogen) atoms. The fourth-order valence-electron chi connectivity index (χ4n) is 1.45. The maximum atomic E-state index is 12.0. The molecule has 1 aromatic rings. The Balaban J connectivity index is 2.71. The van der Waals surface area contributed by atoms with Gasteiger partial charge in [0.2, 0.25) is 5.91 Å². The highest BCUT2D eigenvalue weighted by Gasteiger charge is 2.18. The van der Waals surface area contributed by atoms with Gasteiger partial charge in [0.05, 0.1) is 5.56 Å². The van der Waals surface area contributed by atoms with Crippen LogP contribution in [0.5, 0.6) is 0 Å². The third-order valence-electron chi connectivity index (χ3n) is 2.38. The average Bonchev–Trinajstić information content (AvgIpc) is 2.27. The normalized spacial score (nSPS) is 12.1. The van der Waals surface area contributed by atoms with Crippen molar-refractivity contribution in [2.24, 2.45) is 0 Å². The minimum absolute atomic E-state index is 0.0416. The number of benzene rings is 1. The second-order valence-corrected chi connectivity index (χ2v) is 5.92. The van der Waals surface area contributed by atoms with Gasteiger partial charge in [-0.25, -0.2) is 0 Å². The minimum Gasteiger partial charge on any atom is -0.352 e. The Labute approximate surface area is 126 Å². The Morgan fingerprint density at radius 2 is 1.84 bits per heavy atom. The van der Waals surface area contributed by atoms with Gasteiger partial charge in [0, 0.05) is 15.4 Å². The highest BCUT2D eigenvalue weighted by atomic mass is 79.9. The molecule has 0 heterocycles. The molecular weight excluding hydrogens is 328 g/mol. The summed E-state index contributed by atoms with van der Waals surface area (Å²) in [5.74, 6) is -0.523. The fourth-order valence-corrected chi connectivity index (χ4v) is 2.30. The summed E-state index contributed by atoms with van der Waals surface area (Å²) in [7, 11) is 0. The van der Waals surface area contributed by atoms with Gasteiger partial charge in [0.1, 0.15) is 6.04 Å². The zero-order valence-corrected chi connectivity index (χ0v) is 13.5. The third kappa shape index (κ3) is 4.87. The van der Waals surface area contributed by atoms with Crippen molar-refractivity contribution in [1.29, 1.82) is 0 Å². The van der Waals surface area contributed by atoms with Crippen molar-refractivity contribution in [2.45, 2.75) is 37.8 Å². The number of rotatable bonds is 4. The van der Waals surface area contributed by atoms with Crippen molar-refractivity contribution < 1.29 is 9.59 Å². The topological polar surface area (TPSA) is 58.2 Å². The van der Waals surface area contributed by atoms with E-state index in [4.69, 9.17) is 0 Å². The van der Waals surface area contributed by atoms with Crippen molar-refractivity contribution in [3.8, 4) is 0 Å². The molecule has 1 rings (SSSR count). The Kier molecular flexibility index (Phi) is 5.87. The maximum absolute atomic E-state index is 12.0. The van der Waals surface area contributed by atoms with Gasteiger partial charge >= 0.3 is 0 Å². The highest BCUT2D eigenvalue weighted by Crippen LogP contribution is 2.19. The monoisotopic (exact) mass is 344 g/mol. The molecule has 2 amide bonds. The molecule has 6 heteroatoms. The van der Waals surface area contributed by atoms with E-state index >= 15 is 0 Å². The predicted molar refractivity (Wildman–Crippen MR) is 81.6 cm³/mol. The van der Waals surface area contributed by atoms with Gasteiger partial charge < -0.3 is 10.6 Å². The first-order chi connectivity index (χ1) is 8.81. The summed E-state index contributed by atoms with van der Waals surface area (Å²) in [5, 5.41) is 5.39. The first-order valence-electron chi connectivity index (χ1n) is 5.91. The molecule has 1 aromatic carbocycles. The van der Waals surface area contributed by atoms with Crippen molar-refractivity contribution in [1.82, 2.24) is 10.6 Å². The molecule has 2 N–H and O–H groups in total. The van der Waals surface area contributed by atoms with Crippen LogP contribution in [-0.2, 0) is 4.79 Å². The summed E-state index contributed by atoms with van der Waals surface area (Å²) >= 11 is 7.55. The van der Waals surface area contributed by atoms with Crippen LogP contribution in [0.1, 0.15) is 31.1 Å². The summed E-state index contributed by atoms with van der Waals surface area (Å²) in [6, 6.07) is 4.60. The van der Waals surface area contributed by atoms with Crippen LogP contribution >= 0.6 is 28.6 Å². The van der Waals surface area contributed by atoms with Crippen LogP contribution in [-0.4, -0.2) is 23.9 Å². The van der Waals surface area contributed by atoms with E-state index in [1.165, 1.54) is 0 Å². The van der Waals surface area contributed by atoms with Crippen LogP contribution < -0.4 is 10.6 Å². The number of hydrogen-bond acceptors (Lipinski definition) is 3.